The van der Waals surface area contributed by atoms with E-state index in [1.54, 1.807) is 0 Å². The van der Waals surface area contributed by atoms with E-state index in [4.69, 9.17) is 0 Å². The van der Waals surface area contributed by atoms with E-state index in [0.29, 0.717) is 12.1 Å². The molecule has 0 heterocycles. The second kappa shape index (κ2) is 5.97. The van der Waals surface area contributed by atoms with Crippen LogP contribution in [-0.2, 0) is 0 Å². The highest BCUT2D eigenvalue weighted by molar-refractivity contribution is 5.83. The van der Waals surface area contributed by atoms with Crippen LogP contribution in [0.25, 0.3) is 10.8 Å². The highest BCUT2D eigenvalue weighted by Gasteiger charge is 2.19. The van der Waals surface area contributed by atoms with Crippen molar-refractivity contribution in [1.29, 1.82) is 0 Å². The van der Waals surface area contributed by atoms with Crippen molar-refractivity contribution in [3.63, 3.8) is 0 Å². The first-order chi connectivity index (χ1) is 9.72. The zero-order valence-electron chi connectivity index (χ0n) is 12.6. The standard InChI is InChI=1S/C19H25N/c1-14-7-11-19(12-8-14)20-15(2)17-10-9-16-5-3-4-6-18(16)13-17/h3-6,9-10,13-15,19-20H,7-8,11-12H2,1-2H3. The normalized spacial score (nSPS) is 24.7. The van der Waals surface area contributed by atoms with Crippen LogP contribution in [0.1, 0.15) is 51.1 Å². The number of benzene rings is 2. The summed E-state index contributed by atoms with van der Waals surface area (Å²) >= 11 is 0. The Labute approximate surface area is 122 Å². The summed E-state index contributed by atoms with van der Waals surface area (Å²) in [7, 11) is 0. The van der Waals surface area contributed by atoms with Gasteiger partial charge in [0, 0.05) is 12.1 Å². The van der Waals surface area contributed by atoms with Crippen LogP contribution in [0.15, 0.2) is 42.5 Å². The van der Waals surface area contributed by atoms with E-state index in [1.165, 1.54) is 42.0 Å². The first-order valence-electron chi connectivity index (χ1n) is 7.97. The average molecular weight is 267 g/mol. The maximum absolute atomic E-state index is 3.82. The van der Waals surface area contributed by atoms with Gasteiger partial charge in [0.25, 0.3) is 0 Å². The van der Waals surface area contributed by atoms with Crippen LogP contribution in [0.2, 0.25) is 0 Å². The van der Waals surface area contributed by atoms with Crippen LogP contribution >= 0.6 is 0 Å². The molecule has 0 saturated heterocycles. The van der Waals surface area contributed by atoms with Crippen molar-refractivity contribution < 1.29 is 0 Å². The van der Waals surface area contributed by atoms with Crippen molar-refractivity contribution in [2.24, 2.45) is 5.92 Å². The number of nitrogens with one attached hydrogen (secondary N) is 1. The minimum absolute atomic E-state index is 0.443. The van der Waals surface area contributed by atoms with Gasteiger partial charge in [-0.05, 0) is 60.9 Å². The van der Waals surface area contributed by atoms with E-state index in [9.17, 15) is 0 Å². The summed E-state index contributed by atoms with van der Waals surface area (Å²) in [5, 5.41) is 6.49. The molecule has 2 aromatic carbocycles. The molecule has 1 atom stereocenters. The minimum atomic E-state index is 0.443. The monoisotopic (exact) mass is 267 g/mol. The van der Waals surface area contributed by atoms with Gasteiger partial charge in [-0.25, -0.2) is 0 Å². The van der Waals surface area contributed by atoms with Gasteiger partial charge in [-0.1, -0.05) is 43.3 Å². The van der Waals surface area contributed by atoms with Gasteiger partial charge in [-0.3, -0.25) is 0 Å². The maximum atomic E-state index is 3.82. The Morgan fingerprint density at radius 1 is 0.950 bits per heavy atom. The third-order valence-corrected chi connectivity index (χ3v) is 4.78. The number of hydrogen-bond donors (Lipinski definition) is 1. The predicted octanol–water partition coefficient (Wildman–Crippen LogP) is 5.07. The topological polar surface area (TPSA) is 12.0 Å². The summed E-state index contributed by atoms with van der Waals surface area (Å²) < 4.78 is 0. The minimum Gasteiger partial charge on any atom is -0.307 e. The highest BCUT2D eigenvalue weighted by Crippen LogP contribution is 2.26. The third kappa shape index (κ3) is 3.04. The van der Waals surface area contributed by atoms with E-state index < -0.39 is 0 Å². The van der Waals surface area contributed by atoms with Gasteiger partial charge in [-0.2, -0.15) is 0 Å². The molecule has 0 aromatic heterocycles. The van der Waals surface area contributed by atoms with Gasteiger partial charge < -0.3 is 5.32 Å². The number of rotatable bonds is 3. The lowest BCUT2D eigenvalue weighted by Gasteiger charge is -2.30. The molecule has 1 aliphatic carbocycles. The molecule has 106 valence electrons. The maximum Gasteiger partial charge on any atom is 0.0294 e. The van der Waals surface area contributed by atoms with Crippen molar-refractivity contribution in [3.05, 3.63) is 48.0 Å². The van der Waals surface area contributed by atoms with Gasteiger partial charge in [0.05, 0.1) is 0 Å². The average Bonchev–Trinajstić information content (AvgIpc) is 2.49. The van der Waals surface area contributed by atoms with Crippen LogP contribution in [-0.4, -0.2) is 6.04 Å². The van der Waals surface area contributed by atoms with Crippen molar-refractivity contribution in [1.82, 2.24) is 5.32 Å². The molecule has 1 aliphatic rings. The molecule has 3 rings (SSSR count). The quantitative estimate of drug-likeness (QED) is 0.818. The largest absolute Gasteiger partial charge is 0.307 e. The summed E-state index contributed by atoms with van der Waals surface area (Å²) in [4.78, 5) is 0. The molecule has 1 saturated carbocycles. The third-order valence-electron chi connectivity index (χ3n) is 4.78. The summed E-state index contributed by atoms with van der Waals surface area (Å²) in [6.07, 6.45) is 5.42. The number of fused-ring (bicyclic) bond motifs is 1. The fraction of sp³-hybridized carbons (Fsp3) is 0.474. The molecule has 2 aromatic rings. The molecule has 0 aliphatic heterocycles. The van der Waals surface area contributed by atoms with Gasteiger partial charge >= 0.3 is 0 Å². The molecular formula is C19H25N. The molecule has 0 spiro atoms. The summed E-state index contributed by atoms with van der Waals surface area (Å²) in [5.41, 5.74) is 1.40. The van der Waals surface area contributed by atoms with Gasteiger partial charge in [-0.15, -0.1) is 0 Å². The Bertz CT molecular complexity index is 567. The zero-order valence-corrected chi connectivity index (χ0v) is 12.6. The van der Waals surface area contributed by atoms with E-state index in [-0.39, 0.29) is 0 Å². The zero-order chi connectivity index (χ0) is 13.9. The molecular weight excluding hydrogens is 242 g/mol. The lowest BCUT2D eigenvalue weighted by atomic mass is 9.87. The summed E-state index contributed by atoms with van der Waals surface area (Å²) in [5.74, 6) is 0.920. The molecule has 1 N–H and O–H groups in total. The highest BCUT2D eigenvalue weighted by atomic mass is 14.9. The second-order valence-corrected chi connectivity index (χ2v) is 6.45. The van der Waals surface area contributed by atoms with Gasteiger partial charge in [0.15, 0.2) is 0 Å². The van der Waals surface area contributed by atoms with E-state index in [0.717, 1.165) is 5.92 Å². The van der Waals surface area contributed by atoms with Crippen molar-refractivity contribution >= 4 is 10.8 Å². The van der Waals surface area contributed by atoms with Crippen LogP contribution < -0.4 is 5.32 Å². The van der Waals surface area contributed by atoms with Crippen LogP contribution in [0.3, 0.4) is 0 Å². The molecule has 1 nitrogen and oxygen atoms in total. The first kappa shape index (κ1) is 13.6. The predicted molar refractivity (Wildman–Crippen MR) is 86.9 cm³/mol. The van der Waals surface area contributed by atoms with Crippen LogP contribution in [0, 0.1) is 5.92 Å². The van der Waals surface area contributed by atoms with Crippen molar-refractivity contribution in [2.45, 2.75) is 51.6 Å². The Morgan fingerprint density at radius 2 is 1.65 bits per heavy atom. The molecule has 0 amide bonds. The van der Waals surface area contributed by atoms with Crippen molar-refractivity contribution in [3.8, 4) is 0 Å². The molecule has 1 unspecified atom stereocenters. The second-order valence-electron chi connectivity index (χ2n) is 6.45. The number of hydrogen-bond acceptors (Lipinski definition) is 1. The lowest BCUT2D eigenvalue weighted by molar-refractivity contribution is 0.292. The smallest absolute Gasteiger partial charge is 0.0294 e. The Morgan fingerprint density at radius 3 is 2.40 bits per heavy atom. The molecule has 0 bridgehead atoms. The summed E-state index contributed by atoms with van der Waals surface area (Å²) in [6, 6.07) is 16.6. The fourth-order valence-electron chi connectivity index (χ4n) is 3.35. The van der Waals surface area contributed by atoms with Gasteiger partial charge in [0.2, 0.25) is 0 Å². The summed E-state index contributed by atoms with van der Waals surface area (Å²) in [6.45, 7) is 4.67. The van der Waals surface area contributed by atoms with E-state index >= 15 is 0 Å². The van der Waals surface area contributed by atoms with E-state index in [1.807, 2.05) is 0 Å². The van der Waals surface area contributed by atoms with E-state index in [2.05, 4.69) is 61.6 Å². The molecule has 20 heavy (non-hydrogen) atoms. The Balaban J connectivity index is 1.70. The van der Waals surface area contributed by atoms with Crippen LogP contribution in [0.5, 0.6) is 0 Å². The lowest BCUT2D eigenvalue weighted by Crippen LogP contribution is -2.34. The first-order valence-corrected chi connectivity index (χ1v) is 7.97. The SMILES string of the molecule is CC1CCC(NC(C)c2ccc3ccccc3c2)CC1. The molecule has 1 fully saturated rings. The van der Waals surface area contributed by atoms with Gasteiger partial charge in [0.1, 0.15) is 0 Å². The Hall–Kier alpha value is -1.34. The fourth-order valence-corrected chi connectivity index (χ4v) is 3.35. The molecule has 0 radical (unpaired) electrons. The van der Waals surface area contributed by atoms with Crippen LogP contribution in [0.4, 0.5) is 0 Å². The Kier molecular flexibility index (Phi) is 4.07. The molecule has 1 heteroatoms. The van der Waals surface area contributed by atoms with Crippen molar-refractivity contribution in [2.75, 3.05) is 0 Å².